The largest absolute Gasteiger partial charge is 0.392 e. The number of rotatable bonds is 4. The van der Waals surface area contributed by atoms with Crippen molar-refractivity contribution in [1.29, 1.82) is 0 Å². The van der Waals surface area contributed by atoms with Crippen LogP contribution in [-0.2, 0) is 9.53 Å². The molecule has 2 heterocycles. The third kappa shape index (κ3) is 6.11. The first-order valence-electron chi connectivity index (χ1n) is 6.67. The average molecular weight is 330 g/mol. The van der Waals surface area contributed by atoms with Crippen LogP contribution < -0.4 is 10.6 Å². The van der Waals surface area contributed by atoms with Gasteiger partial charge in [-0.1, -0.05) is 0 Å². The molecule has 6 nitrogen and oxygen atoms in total. The predicted molar refractivity (Wildman–Crippen MR) is 81.8 cm³/mol. The zero-order valence-corrected chi connectivity index (χ0v) is 13.3. The standard InChI is InChI=1S/C12H23N3O3.2ClH/c1-9(8-15-2-4-18-5-3-15)14-12(17)11-6-10(16)7-13-11;;/h9-11,13,16H,2-8H2,1H3,(H,14,17);2*1H. The molecule has 0 radical (unpaired) electrons. The van der Waals surface area contributed by atoms with E-state index < -0.39 is 6.10 Å². The summed E-state index contributed by atoms with van der Waals surface area (Å²) in [4.78, 5) is 14.2. The van der Waals surface area contributed by atoms with Crippen LogP contribution in [0, 0.1) is 0 Å². The van der Waals surface area contributed by atoms with Crippen LogP contribution in [0.15, 0.2) is 0 Å². The van der Waals surface area contributed by atoms with Gasteiger partial charge in [-0.2, -0.15) is 0 Å². The molecule has 20 heavy (non-hydrogen) atoms. The number of carbonyl (C=O) groups excluding carboxylic acids is 1. The van der Waals surface area contributed by atoms with Crippen molar-refractivity contribution >= 4 is 30.7 Å². The third-order valence-corrected chi connectivity index (χ3v) is 3.45. The van der Waals surface area contributed by atoms with E-state index >= 15 is 0 Å². The van der Waals surface area contributed by atoms with Crippen LogP contribution >= 0.6 is 24.8 Å². The van der Waals surface area contributed by atoms with E-state index in [1.54, 1.807) is 0 Å². The Hall–Kier alpha value is -0.110. The Balaban J connectivity index is 0.00000180. The van der Waals surface area contributed by atoms with Gasteiger partial charge in [-0.05, 0) is 13.3 Å². The fraction of sp³-hybridized carbons (Fsp3) is 0.917. The highest BCUT2D eigenvalue weighted by atomic mass is 35.5. The first-order chi connectivity index (χ1) is 8.65. The van der Waals surface area contributed by atoms with Crippen molar-refractivity contribution in [2.45, 2.75) is 31.5 Å². The van der Waals surface area contributed by atoms with E-state index in [0.717, 1.165) is 32.8 Å². The maximum Gasteiger partial charge on any atom is 0.237 e. The van der Waals surface area contributed by atoms with Gasteiger partial charge in [0.2, 0.25) is 5.91 Å². The Morgan fingerprint density at radius 2 is 2.10 bits per heavy atom. The number of nitrogens with one attached hydrogen (secondary N) is 2. The molecule has 0 spiro atoms. The molecule has 8 heteroatoms. The molecule has 2 saturated heterocycles. The topological polar surface area (TPSA) is 73.8 Å². The first-order valence-corrected chi connectivity index (χ1v) is 6.67. The monoisotopic (exact) mass is 329 g/mol. The third-order valence-electron chi connectivity index (χ3n) is 3.45. The minimum Gasteiger partial charge on any atom is -0.392 e. The van der Waals surface area contributed by atoms with Gasteiger partial charge in [-0.3, -0.25) is 9.69 Å². The second kappa shape index (κ2) is 9.76. The van der Waals surface area contributed by atoms with Crippen molar-refractivity contribution in [3.05, 3.63) is 0 Å². The SMILES string of the molecule is CC(CN1CCOCC1)NC(=O)C1CC(O)CN1.Cl.Cl. The van der Waals surface area contributed by atoms with Crippen molar-refractivity contribution < 1.29 is 14.6 Å². The van der Waals surface area contributed by atoms with Gasteiger partial charge in [0.05, 0.1) is 25.4 Å². The second-order valence-corrected chi connectivity index (χ2v) is 5.17. The molecule has 2 fully saturated rings. The lowest BCUT2D eigenvalue weighted by molar-refractivity contribution is -0.123. The highest BCUT2D eigenvalue weighted by Crippen LogP contribution is 2.06. The summed E-state index contributed by atoms with van der Waals surface area (Å²) in [5, 5.41) is 15.4. The van der Waals surface area contributed by atoms with Crippen LogP contribution in [0.3, 0.4) is 0 Å². The number of amides is 1. The second-order valence-electron chi connectivity index (χ2n) is 5.17. The zero-order valence-electron chi connectivity index (χ0n) is 11.7. The average Bonchev–Trinajstić information content (AvgIpc) is 2.77. The Kier molecular flexibility index (Phi) is 9.71. The van der Waals surface area contributed by atoms with Crippen LogP contribution in [0.25, 0.3) is 0 Å². The fourth-order valence-corrected chi connectivity index (χ4v) is 2.48. The fourth-order valence-electron chi connectivity index (χ4n) is 2.48. The summed E-state index contributed by atoms with van der Waals surface area (Å²) in [5.74, 6) is -0.00712. The minimum atomic E-state index is -0.393. The molecule has 0 aromatic rings. The number of β-amino-alcohol motifs (C(OH)–C–C–N with tert-alkyl or cyclic N) is 1. The van der Waals surface area contributed by atoms with Crippen molar-refractivity contribution in [2.75, 3.05) is 39.4 Å². The highest BCUT2D eigenvalue weighted by Gasteiger charge is 2.28. The van der Waals surface area contributed by atoms with Crippen molar-refractivity contribution in [3.8, 4) is 0 Å². The van der Waals surface area contributed by atoms with Gasteiger partial charge in [0.15, 0.2) is 0 Å². The Morgan fingerprint density at radius 1 is 1.45 bits per heavy atom. The molecule has 2 aliphatic heterocycles. The van der Waals surface area contributed by atoms with E-state index in [4.69, 9.17) is 4.74 Å². The van der Waals surface area contributed by atoms with Crippen LogP contribution in [0.5, 0.6) is 0 Å². The normalized spacial score (nSPS) is 28.1. The van der Waals surface area contributed by atoms with Gasteiger partial charge < -0.3 is 20.5 Å². The van der Waals surface area contributed by atoms with Crippen molar-refractivity contribution in [1.82, 2.24) is 15.5 Å². The quantitative estimate of drug-likeness (QED) is 0.641. The van der Waals surface area contributed by atoms with Crippen LogP contribution in [0.2, 0.25) is 0 Å². The van der Waals surface area contributed by atoms with E-state index in [-0.39, 0.29) is 42.8 Å². The van der Waals surface area contributed by atoms with Crippen molar-refractivity contribution in [2.24, 2.45) is 0 Å². The van der Waals surface area contributed by atoms with Crippen LogP contribution in [-0.4, -0.2) is 73.5 Å². The van der Waals surface area contributed by atoms with Gasteiger partial charge in [0, 0.05) is 32.2 Å². The number of nitrogens with zero attached hydrogens (tertiary/aromatic N) is 1. The smallest absolute Gasteiger partial charge is 0.237 e. The number of carbonyl (C=O) groups is 1. The summed E-state index contributed by atoms with van der Waals surface area (Å²) < 4.78 is 5.29. The van der Waals surface area contributed by atoms with Gasteiger partial charge in [0.1, 0.15) is 0 Å². The van der Waals surface area contributed by atoms with E-state index in [1.807, 2.05) is 6.92 Å². The van der Waals surface area contributed by atoms with Crippen LogP contribution in [0.1, 0.15) is 13.3 Å². The lowest BCUT2D eigenvalue weighted by Crippen LogP contribution is -2.49. The molecule has 3 N–H and O–H groups in total. The van der Waals surface area contributed by atoms with E-state index in [9.17, 15) is 9.90 Å². The molecule has 0 aromatic heterocycles. The molecule has 0 bridgehead atoms. The lowest BCUT2D eigenvalue weighted by atomic mass is 10.2. The summed E-state index contributed by atoms with van der Waals surface area (Å²) in [6.45, 7) is 6.79. The lowest BCUT2D eigenvalue weighted by Gasteiger charge is -2.29. The number of ether oxygens (including phenoxy) is 1. The number of aliphatic hydroxyl groups is 1. The molecule has 2 aliphatic rings. The minimum absolute atomic E-state index is 0. The molecular formula is C12H25Cl2N3O3. The molecule has 0 aliphatic carbocycles. The number of aliphatic hydroxyl groups excluding tert-OH is 1. The first kappa shape index (κ1) is 19.9. The number of halogens is 2. The molecule has 120 valence electrons. The van der Waals surface area contributed by atoms with Gasteiger partial charge in [-0.15, -0.1) is 24.8 Å². The van der Waals surface area contributed by atoms with E-state index in [1.165, 1.54) is 0 Å². The van der Waals surface area contributed by atoms with Gasteiger partial charge in [-0.25, -0.2) is 0 Å². The van der Waals surface area contributed by atoms with E-state index in [2.05, 4.69) is 15.5 Å². The summed E-state index contributed by atoms with van der Waals surface area (Å²) in [6, 6.07) is -0.123. The van der Waals surface area contributed by atoms with Crippen molar-refractivity contribution in [3.63, 3.8) is 0 Å². The highest BCUT2D eigenvalue weighted by molar-refractivity contribution is 5.85. The van der Waals surface area contributed by atoms with Gasteiger partial charge >= 0.3 is 0 Å². The Morgan fingerprint density at radius 3 is 2.65 bits per heavy atom. The molecule has 1 amide bonds. The summed E-state index contributed by atoms with van der Waals surface area (Å²) >= 11 is 0. The molecule has 3 atom stereocenters. The maximum atomic E-state index is 11.9. The Bertz CT molecular complexity index is 291. The van der Waals surface area contributed by atoms with E-state index in [0.29, 0.717) is 13.0 Å². The zero-order chi connectivity index (χ0) is 13.0. The van der Waals surface area contributed by atoms with Gasteiger partial charge in [0.25, 0.3) is 0 Å². The summed E-state index contributed by atoms with van der Waals surface area (Å²) in [6.07, 6.45) is 0.117. The summed E-state index contributed by atoms with van der Waals surface area (Å²) in [7, 11) is 0. The van der Waals surface area contributed by atoms with Crippen LogP contribution in [0.4, 0.5) is 0 Å². The molecule has 2 rings (SSSR count). The number of morpholine rings is 1. The molecule has 3 unspecified atom stereocenters. The summed E-state index contributed by atoms with van der Waals surface area (Å²) in [5.41, 5.74) is 0. The number of hydrogen-bond donors (Lipinski definition) is 3. The molecule has 0 saturated carbocycles. The maximum absolute atomic E-state index is 11.9. The predicted octanol–water partition coefficient (Wildman–Crippen LogP) is -0.610. The number of hydrogen-bond acceptors (Lipinski definition) is 5. The molecular weight excluding hydrogens is 305 g/mol. The molecule has 0 aromatic carbocycles. The Labute approximate surface area is 132 Å².